The molecule has 1 aliphatic heterocycles. The smallest absolute Gasteiger partial charge is 0.340 e. The Balaban J connectivity index is 1.67. The predicted molar refractivity (Wildman–Crippen MR) is 137 cm³/mol. The van der Waals surface area contributed by atoms with Crippen LogP contribution in [0.15, 0.2) is 89.6 Å². The number of methoxy groups -OCH3 is 2. The first-order chi connectivity index (χ1) is 17.8. The first-order valence-corrected chi connectivity index (χ1v) is 11.3. The van der Waals surface area contributed by atoms with Crippen LogP contribution in [0.2, 0.25) is 0 Å². The van der Waals surface area contributed by atoms with E-state index in [-0.39, 0.29) is 16.8 Å². The van der Waals surface area contributed by atoms with Crippen LogP contribution in [0.25, 0.3) is 6.08 Å². The van der Waals surface area contributed by atoms with Crippen LogP contribution in [0.4, 0.5) is 11.4 Å². The zero-order valence-electron chi connectivity index (χ0n) is 20.5. The average Bonchev–Trinajstić information content (AvgIpc) is 3.16. The van der Waals surface area contributed by atoms with Gasteiger partial charge in [-0.3, -0.25) is 19.8 Å². The van der Waals surface area contributed by atoms with Crippen molar-refractivity contribution in [3.05, 3.63) is 111 Å². The molecule has 0 aromatic heterocycles. The van der Waals surface area contributed by atoms with Gasteiger partial charge in [0.05, 0.1) is 30.3 Å². The highest BCUT2D eigenvalue weighted by molar-refractivity contribution is 6.23. The summed E-state index contributed by atoms with van der Waals surface area (Å²) in [6, 6.07) is 20.4. The summed E-state index contributed by atoms with van der Waals surface area (Å²) in [6.45, 7) is 1.97. The summed E-state index contributed by atoms with van der Waals surface area (Å²) in [5.74, 6) is -0.145. The maximum absolute atomic E-state index is 13.5. The van der Waals surface area contributed by atoms with Crippen LogP contribution in [0.1, 0.15) is 18.1 Å². The largest absolute Gasteiger partial charge is 0.493 e. The fourth-order valence-corrected chi connectivity index (χ4v) is 4.01. The number of anilines is 1. The molecule has 0 saturated heterocycles. The van der Waals surface area contributed by atoms with Crippen LogP contribution < -0.4 is 14.4 Å². The number of allylic oxidation sites excluding steroid dienone is 1. The number of non-ortho nitro benzene ring substituents is 1. The van der Waals surface area contributed by atoms with Crippen molar-refractivity contribution in [2.45, 2.75) is 13.5 Å². The van der Waals surface area contributed by atoms with Crippen molar-refractivity contribution < 1.29 is 28.7 Å². The fraction of sp³-hybridized carbons (Fsp3) is 0.143. The molecule has 0 N–H and O–H groups in total. The summed E-state index contributed by atoms with van der Waals surface area (Å²) < 4.78 is 16.3. The first kappa shape index (κ1) is 25.2. The summed E-state index contributed by atoms with van der Waals surface area (Å²) >= 11 is 0. The van der Waals surface area contributed by atoms with Crippen LogP contribution in [-0.2, 0) is 20.9 Å². The molecule has 4 rings (SSSR count). The second-order valence-electron chi connectivity index (χ2n) is 8.11. The summed E-state index contributed by atoms with van der Waals surface area (Å²) in [4.78, 5) is 37.9. The van der Waals surface area contributed by atoms with E-state index in [1.165, 1.54) is 43.4 Å². The molecule has 0 saturated carbocycles. The van der Waals surface area contributed by atoms with Gasteiger partial charge in [0.1, 0.15) is 6.61 Å². The summed E-state index contributed by atoms with van der Waals surface area (Å²) in [7, 11) is 2.75. The zero-order chi connectivity index (χ0) is 26.5. The Bertz CT molecular complexity index is 1410. The number of hydrogen-bond donors (Lipinski definition) is 0. The Hall–Kier alpha value is -4.92. The number of carbonyl (C=O) groups is 2. The molecule has 0 spiro atoms. The average molecular weight is 501 g/mol. The van der Waals surface area contributed by atoms with E-state index in [0.29, 0.717) is 35.1 Å². The summed E-state index contributed by atoms with van der Waals surface area (Å²) in [5, 5.41) is 11.0. The second-order valence-corrected chi connectivity index (χ2v) is 8.11. The van der Waals surface area contributed by atoms with Crippen LogP contribution >= 0.6 is 0 Å². The first-order valence-electron chi connectivity index (χ1n) is 11.3. The molecule has 1 heterocycles. The molecule has 3 aromatic carbocycles. The SMILES string of the molecule is COC(=O)C1=C(C)N(c2ccc([N+](=O)[O-])cc2)C(=O)C1=Cc1ccc(OCc2ccccc2)c(OC)c1. The van der Waals surface area contributed by atoms with Crippen LogP contribution in [-0.4, -0.2) is 31.0 Å². The number of esters is 1. The minimum absolute atomic E-state index is 0.106. The molecule has 37 heavy (non-hydrogen) atoms. The van der Waals surface area contributed by atoms with Gasteiger partial charge in [-0.1, -0.05) is 36.4 Å². The van der Waals surface area contributed by atoms with E-state index in [2.05, 4.69) is 0 Å². The zero-order valence-corrected chi connectivity index (χ0v) is 20.5. The Morgan fingerprint density at radius 1 is 1.00 bits per heavy atom. The standard InChI is InChI=1S/C28H24N2O7/c1-18-26(28(32)36-3)23(27(31)29(18)21-10-12-22(13-11-21)30(33)34)15-20-9-14-24(25(16-20)35-2)37-17-19-7-5-4-6-8-19/h4-16H,17H2,1-3H3. The quantitative estimate of drug-likeness (QED) is 0.184. The number of nitro groups is 1. The molecule has 9 nitrogen and oxygen atoms in total. The van der Waals surface area contributed by atoms with Gasteiger partial charge in [-0.05, 0) is 48.4 Å². The lowest BCUT2D eigenvalue weighted by atomic mass is 10.0. The number of nitrogens with zero attached hydrogens (tertiary/aromatic N) is 2. The van der Waals surface area contributed by atoms with E-state index in [0.717, 1.165) is 5.56 Å². The molecule has 0 atom stereocenters. The van der Waals surface area contributed by atoms with Crippen molar-refractivity contribution in [3.8, 4) is 11.5 Å². The highest BCUT2D eigenvalue weighted by Gasteiger charge is 2.38. The molecule has 0 fully saturated rings. The van der Waals surface area contributed by atoms with Crippen molar-refractivity contribution in [2.24, 2.45) is 0 Å². The molecule has 1 aliphatic rings. The lowest BCUT2D eigenvalue weighted by molar-refractivity contribution is -0.384. The van der Waals surface area contributed by atoms with E-state index < -0.39 is 16.8 Å². The van der Waals surface area contributed by atoms with E-state index in [1.54, 1.807) is 31.2 Å². The van der Waals surface area contributed by atoms with E-state index in [1.807, 2.05) is 30.3 Å². The number of rotatable bonds is 8. The third kappa shape index (κ3) is 5.20. The number of carbonyl (C=O) groups excluding carboxylic acids is 2. The molecule has 3 aromatic rings. The summed E-state index contributed by atoms with van der Waals surface area (Å²) in [5.41, 5.74) is 2.47. The van der Waals surface area contributed by atoms with Gasteiger partial charge >= 0.3 is 5.97 Å². The van der Waals surface area contributed by atoms with E-state index in [4.69, 9.17) is 14.2 Å². The number of amides is 1. The van der Waals surface area contributed by atoms with E-state index in [9.17, 15) is 19.7 Å². The Morgan fingerprint density at radius 3 is 2.32 bits per heavy atom. The lowest BCUT2D eigenvalue weighted by Crippen LogP contribution is -2.24. The molecular formula is C28H24N2O7. The molecule has 0 radical (unpaired) electrons. The lowest BCUT2D eigenvalue weighted by Gasteiger charge is -2.17. The van der Waals surface area contributed by atoms with Crippen molar-refractivity contribution in [1.29, 1.82) is 0 Å². The van der Waals surface area contributed by atoms with Crippen molar-refractivity contribution in [1.82, 2.24) is 0 Å². The molecule has 0 unspecified atom stereocenters. The second kappa shape index (κ2) is 10.8. The molecule has 1 amide bonds. The van der Waals surface area contributed by atoms with Gasteiger partial charge in [0.25, 0.3) is 11.6 Å². The number of ether oxygens (including phenoxy) is 3. The molecule has 188 valence electrons. The van der Waals surface area contributed by atoms with Gasteiger partial charge in [0, 0.05) is 23.5 Å². The van der Waals surface area contributed by atoms with Gasteiger partial charge < -0.3 is 14.2 Å². The minimum Gasteiger partial charge on any atom is -0.493 e. The Morgan fingerprint density at radius 2 is 1.70 bits per heavy atom. The van der Waals surface area contributed by atoms with Crippen molar-refractivity contribution in [3.63, 3.8) is 0 Å². The fourth-order valence-electron chi connectivity index (χ4n) is 4.01. The van der Waals surface area contributed by atoms with Crippen LogP contribution in [0, 0.1) is 10.1 Å². The van der Waals surface area contributed by atoms with Crippen molar-refractivity contribution >= 4 is 29.3 Å². The molecule has 0 bridgehead atoms. The van der Waals surface area contributed by atoms with Gasteiger partial charge in [-0.25, -0.2) is 4.79 Å². The van der Waals surface area contributed by atoms with Gasteiger partial charge in [0.15, 0.2) is 11.5 Å². The van der Waals surface area contributed by atoms with Crippen LogP contribution in [0.5, 0.6) is 11.5 Å². The predicted octanol–water partition coefficient (Wildman–Crippen LogP) is 5.06. The normalized spacial score (nSPS) is 14.2. The highest BCUT2D eigenvalue weighted by atomic mass is 16.6. The maximum Gasteiger partial charge on any atom is 0.340 e. The topological polar surface area (TPSA) is 108 Å². The molecule has 9 heteroatoms. The molecule has 0 aliphatic carbocycles. The monoisotopic (exact) mass is 500 g/mol. The van der Waals surface area contributed by atoms with Crippen LogP contribution in [0.3, 0.4) is 0 Å². The highest BCUT2D eigenvalue weighted by Crippen LogP contribution is 2.37. The number of hydrogen-bond acceptors (Lipinski definition) is 7. The third-order valence-electron chi connectivity index (χ3n) is 5.84. The third-order valence-corrected chi connectivity index (χ3v) is 5.84. The van der Waals surface area contributed by atoms with E-state index >= 15 is 0 Å². The Labute approximate surface area is 213 Å². The minimum atomic E-state index is -0.670. The Kier molecular flexibility index (Phi) is 7.34. The summed E-state index contributed by atoms with van der Waals surface area (Å²) in [6.07, 6.45) is 1.58. The van der Waals surface area contributed by atoms with Gasteiger partial charge in [-0.15, -0.1) is 0 Å². The van der Waals surface area contributed by atoms with Gasteiger partial charge in [-0.2, -0.15) is 0 Å². The van der Waals surface area contributed by atoms with Gasteiger partial charge in [0.2, 0.25) is 0 Å². The van der Waals surface area contributed by atoms with Crippen molar-refractivity contribution in [2.75, 3.05) is 19.1 Å². The number of benzene rings is 3. The maximum atomic E-state index is 13.5. The number of nitro benzene ring substituents is 1. The molecular weight excluding hydrogens is 476 g/mol.